The van der Waals surface area contributed by atoms with E-state index in [4.69, 9.17) is 21.6 Å². The molecule has 2 aromatic carbocycles. The Morgan fingerprint density at radius 3 is 2.58 bits per heavy atom. The van der Waals surface area contributed by atoms with Gasteiger partial charge in [0.05, 0.1) is 0 Å². The first-order valence-electron chi connectivity index (χ1n) is 6.75. The van der Waals surface area contributed by atoms with Crippen LogP contribution in [0, 0.1) is 23.0 Å². The van der Waals surface area contributed by atoms with Gasteiger partial charge in [-0.1, -0.05) is 16.8 Å². The van der Waals surface area contributed by atoms with E-state index >= 15 is 0 Å². The molecule has 1 N–H and O–H groups in total. The van der Waals surface area contributed by atoms with Gasteiger partial charge in [-0.25, -0.2) is 13.9 Å². The third-order valence-electron chi connectivity index (χ3n) is 3.13. The van der Waals surface area contributed by atoms with E-state index < -0.39 is 11.6 Å². The molecule has 1 aromatic heterocycles. The van der Waals surface area contributed by atoms with Gasteiger partial charge in [0.2, 0.25) is 0 Å². The van der Waals surface area contributed by atoms with Gasteiger partial charge in [0.25, 0.3) is 0 Å². The molecule has 24 heavy (non-hydrogen) atoms. The molecule has 0 aliphatic carbocycles. The number of H-pyrrole nitrogens is 1. The highest BCUT2D eigenvalue weighted by atomic mass is 35.5. The smallest absolute Gasteiger partial charge is 0.163 e. The molecule has 0 radical (unpaired) electrons. The first-order chi connectivity index (χ1) is 11.5. The monoisotopic (exact) mass is 346 g/mol. The van der Waals surface area contributed by atoms with Crippen LogP contribution in [0.4, 0.5) is 8.78 Å². The third-order valence-corrected chi connectivity index (χ3v) is 3.35. The molecule has 3 aromatic rings. The highest BCUT2D eigenvalue weighted by Crippen LogP contribution is 2.29. The zero-order chi connectivity index (χ0) is 17.1. The summed E-state index contributed by atoms with van der Waals surface area (Å²) in [5, 5.41) is 19.3. The number of aromatic nitrogens is 3. The fourth-order valence-electron chi connectivity index (χ4n) is 2.15. The Morgan fingerprint density at radius 1 is 1.12 bits per heavy atom. The fourth-order valence-corrected chi connectivity index (χ4v) is 2.38. The summed E-state index contributed by atoms with van der Waals surface area (Å²) in [6.45, 7) is -0.0433. The lowest BCUT2D eigenvalue weighted by Crippen LogP contribution is -1.97. The summed E-state index contributed by atoms with van der Waals surface area (Å²) in [5.41, 5.74) is 1.40. The first-order valence-corrected chi connectivity index (χ1v) is 7.13. The predicted molar refractivity (Wildman–Crippen MR) is 82.2 cm³/mol. The molecule has 5 nitrogen and oxygen atoms in total. The van der Waals surface area contributed by atoms with E-state index in [0.29, 0.717) is 27.6 Å². The van der Waals surface area contributed by atoms with E-state index in [-0.39, 0.29) is 12.3 Å². The molecule has 0 bridgehead atoms. The predicted octanol–water partition coefficient (Wildman–Crippen LogP) is 3.85. The second-order valence-electron chi connectivity index (χ2n) is 4.89. The van der Waals surface area contributed by atoms with E-state index in [2.05, 4.69) is 15.4 Å². The maximum absolute atomic E-state index is 13.2. The molecule has 0 unspecified atom stereocenters. The SMILES string of the molecule is N#Cc1[nH]nnc1-c1cc(Cl)cc(OCc2cc(F)cc(F)c2)c1. The van der Waals surface area contributed by atoms with Crippen LogP contribution in [-0.2, 0) is 6.61 Å². The normalized spacial score (nSPS) is 10.4. The van der Waals surface area contributed by atoms with Crippen molar-refractivity contribution >= 4 is 11.6 Å². The maximum Gasteiger partial charge on any atom is 0.163 e. The van der Waals surface area contributed by atoms with Gasteiger partial charge in [-0.3, -0.25) is 0 Å². The number of rotatable bonds is 4. The lowest BCUT2D eigenvalue weighted by atomic mass is 10.1. The molecule has 0 amide bonds. The van der Waals surface area contributed by atoms with Crippen LogP contribution in [0.15, 0.2) is 36.4 Å². The molecule has 1 heterocycles. The average Bonchev–Trinajstić information content (AvgIpc) is 3.00. The summed E-state index contributed by atoms with van der Waals surface area (Å²) in [6, 6.07) is 9.85. The van der Waals surface area contributed by atoms with Crippen molar-refractivity contribution < 1.29 is 13.5 Å². The van der Waals surface area contributed by atoms with Crippen LogP contribution in [0.5, 0.6) is 5.75 Å². The van der Waals surface area contributed by atoms with Crippen molar-refractivity contribution in [3.63, 3.8) is 0 Å². The van der Waals surface area contributed by atoms with Crippen molar-refractivity contribution in [1.29, 1.82) is 5.26 Å². The lowest BCUT2D eigenvalue weighted by molar-refractivity contribution is 0.305. The Balaban J connectivity index is 1.85. The molecule has 0 atom stereocenters. The number of hydrogen-bond acceptors (Lipinski definition) is 4. The highest BCUT2D eigenvalue weighted by molar-refractivity contribution is 6.31. The second kappa shape index (κ2) is 6.64. The molecule has 0 spiro atoms. The highest BCUT2D eigenvalue weighted by Gasteiger charge is 2.12. The topological polar surface area (TPSA) is 74.6 Å². The van der Waals surface area contributed by atoms with Crippen molar-refractivity contribution in [2.75, 3.05) is 0 Å². The van der Waals surface area contributed by atoms with Crippen LogP contribution in [0.25, 0.3) is 11.3 Å². The molecular weight excluding hydrogens is 338 g/mol. The van der Waals surface area contributed by atoms with Crippen molar-refractivity contribution in [1.82, 2.24) is 15.4 Å². The Morgan fingerprint density at radius 2 is 1.88 bits per heavy atom. The molecule has 0 aliphatic heterocycles. The van der Waals surface area contributed by atoms with Crippen LogP contribution in [-0.4, -0.2) is 15.4 Å². The van der Waals surface area contributed by atoms with Crippen LogP contribution in [0.2, 0.25) is 5.02 Å². The molecule has 8 heteroatoms. The summed E-state index contributed by atoms with van der Waals surface area (Å²) >= 11 is 6.05. The van der Waals surface area contributed by atoms with E-state index in [9.17, 15) is 8.78 Å². The molecule has 0 fully saturated rings. The van der Waals surface area contributed by atoms with Gasteiger partial charge in [-0.05, 0) is 35.9 Å². The Hall–Kier alpha value is -2.98. The zero-order valence-electron chi connectivity index (χ0n) is 12.1. The number of nitrogens with one attached hydrogen (secondary N) is 1. The fraction of sp³-hybridized carbons (Fsp3) is 0.0625. The van der Waals surface area contributed by atoms with E-state index in [1.165, 1.54) is 12.1 Å². The average molecular weight is 347 g/mol. The summed E-state index contributed by atoms with van der Waals surface area (Å²) in [5.74, 6) is -0.989. The molecule has 0 saturated heterocycles. The van der Waals surface area contributed by atoms with Gasteiger partial charge >= 0.3 is 0 Å². The molecule has 120 valence electrons. The number of nitriles is 1. The Bertz CT molecular complexity index is 916. The quantitative estimate of drug-likeness (QED) is 0.778. The van der Waals surface area contributed by atoms with Crippen molar-refractivity contribution in [2.45, 2.75) is 6.61 Å². The lowest BCUT2D eigenvalue weighted by Gasteiger charge is -2.09. The Kier molecular flexibility index (Phi) is 4.40. The molecule has 3 rings (SSSR count). The number of aromatic amines is 1. The largest absolute Gasteiger partial charge is 0.489 e. The minimum Gasteiger partial charge on any atom is -0.489 e. The van der Waals surface area contributed by atoms with Gasteiger partial charge in [-0.2, -0.15) is 5.26 Å². The molecular formula is C16H9ClF2N4O. The van der Waals surface area contributed by atoms with Gasteiger partial charge in [0.1, 0.15) is 35.8 Å². The summed E-state index contributed by atoms with van der Waals surface area (Å²) in [7, 11) is 0. The summed E-state index contributed by atoms with van der Waals surface area (Å²) in [4.78, 5) is 0. The number of hydrogen-bond donors (Lipinski definition) is 1. The first kappa shape index (κ1) is 15.9. The molecule has 0 saturated carbocycles. The van der Waals surface area contributed by atoms with Crippen LogP contribution in [0.3, 0.4) is 0 Å². The standard InChI is InChI=1S/C16H9ClF2N4O/c17-11-3-10(16-15(7-20)21-23-22-16)4-14(5-11)24-8-9-1-12(18)6-13(19)2-9/h1-6H,8H2,(H,21,22,23). The maximum atomic E-state index is 13.2. The zero-order valence-corrected chi connectivity index (χ0v) is 12.8. The van der Waals surface area contributed by atoms with Crippen LogP contribution >= 0.6 is 11.6 Å². The van der Waals surface area contributed by atoms with Crippen molar-refractivity contribution in [2.24, 2.45) is 0 Å². The van der Waals surface area contributed by atoms with Crippen LogP contribution in [0.1, 0.15) is 11.3 Å². The van der Waals surface area contributed by atoms with Crippen LogP contribution < -0.4 is 4.74 Å². The second-order valence-corrected chi connectivity index (χ2v) is 5.33. The number of benzene rings is 2. The minimum absolute atomic E-state index is 0.0433. The number of ether oxygens (including phenoxy) is 1. The third kappa shape index (κ3) is 3.50. The summed E-state index contributed by atoms with van der Waals surface area (Å²) < 4.78 is 31.9. The number of halogens is 3. The summed E-state index contributed by atoms with van der Waals surface area (Å²) in [6.07, 6.45) is 0. The van der Waals surface area contributed by atoms with E-state index in [1.807, 2.05) is 6.07 Å². The van der Waals surface area contributed by atoms with Gasteiger partial charge in [0.15, 0.2) is 5.69 Å². The van der Waals surface area contributed by atoms with E-state index in [0.717, 1.165) is 6.07 Å². The Labute approximate surface area is 140 Å². The van der Waals surface area contributed by atoms with Gasteiger partial charge < -0.3 is 4.74 Å². The van der Waals surface area contributed by atoms with Gasteiger partial charge in [-0.15, -0.1) is 5.10 Å². The van der Waals surface area contributed by atoms with Gasteiger partial charge in [0, 0.05) is 16.7 Å². The molecule has 0 aliphatic rings. The van der Waals surface area contributed by atoms with Crippen molar-refractivity contribution in [3.8, 4) is 23.1 Å². The van der Waals surface area contributed by atoms with E-state index in [1.54, 1.807) is 18.2 Å². The van der Waals surface area contributed by atoms with Crippen molar-refractivity contribution in [3.05, 3.63) is 64.3 Å². The number of nitrogens with zero attached hydrogens (tertiary/aromatic N) is 3. The minimum atomic E-state index is -0.679.